The maximum absolute atomic E-state index is 14.2. The molecule has 4 N–H and O–H groups in total. The minimum Gasteiger partial charge on any atom is -0.495 e. The van der Waals surface area contributed by atoms with Gasteiger partial charge in [0.15, 0.2) is 0 Å². The minimum absolute atomic E-state index is 0. The molecule has 1 aliphatic heterocycles. The van der Waals surface area contributed by atoms with E-state index in [4.69, 9.17) is 20.2 Å². The number of unbranched alkanes of at least 4 members (excludes halogenated alkanes) is 2. The van der Waals surface area contributed by atoms with Crippen LogP contribution in [-0.2, 0) is 4.79 Å². The molecule has 5 rings (SSSR count). The number of amides is 3. The third-order valence-corrected chi connectivity index (χ3v) is 9.42. The number of nitrogens with one attached hydrogen (secondary N) is 2. The number of anilines is 2. The number of para-hydroxylation sites is 1. The van der Waals surface area contributed by atoms with Crippen molar-refractivity contribution in [2.45, 2.75) is 32.6 Å². The van der Waals surface area contributed by atoms with E-state index in [0.29, 0.717) is 48.0 Å². The predicted octanol–water partition coefficient (Wildman–Crippen LogP) is 5.87. The molecule has 1 aromatic heterocycles. The number of aromatic amines is 1. The van der Waals surface area contributed by atoms with Gasteiger partial charge in [0.25, 0.3) is 11.8 Å². The molecule has 1 saturated heterocycles. The first kappa shape index (κ1) is 46.9. The number of hydrogen-bond acceptors (Lipinski definition) is 9. The molecule has 55 heavy (non-hydrogen) atoms. The number of halogens is 3. The Hall–Kier alpha value is -4.27. The van der Waals surface area contributed by atoms with Crippen molar-refractivity contribution in [2.24, 2.45) is 5.73 Å². The highest BCUT2D eigenvalue weighted by Crippen LogP contribution is 2.39. The zero-order valence-corrected chi connectivity index (χ0v) is 34.9. The average molecular weight is 822 g/mol. The maximum atomic E-state index is 14.2. The van der Waals surface area contributed by atoms with Crippen molar-refractivity contribution in [3.63, 3.8) is 0 Å². The third kappa shape index (κ3) is 11.6. The van der Waals surface area contributed by atoms with E-state index in [1.54, 1.807) is 19.2 Å². The van der Waals surface area contributed by atoms with Gasteiger partial charge in [-0.1, -0.05) is 18.2 Å². The Bertz CT molecular complexity index is 1900. The molecule has 0 spiro atoms. The van der Waals surface area contributed by atoms with E-state index in [1.165, 1.54) is 12.0 Å². The van der Waals surface area contributed by atoms with E-state index in [-0.39, 0.29) is 60.0 Å². The standard InChI is InChI=1S/C39H52N8O5.3ClH/c1-26-14-17-31(32(25-26)52-24-9-7-8-13-33(48)47-22-20-45(4)21-23-47)46(5)38(50)29-16-15-28(36(51-6)34(29)37(40)49)27-11-10-12-30-35(27)43-39(42-30)41-18-19-44(2)3;;;/h10-12,14-17,25H,7-9,13,18-24H2,1-6H3,(H2,40,49)(H2,41,42,43);3*1H. The van der Waals surface area contributed by atoms with Crippen LogP contribution in [-0.4, -0.2) is 124 Å². The van der Waals surface area contributed by atoms with Crippen LogP contribution in [0.1, 0.15) is 52.0 Å². The highest BCUT2D eigenvalue weighted by atomic mass is 35.5. The molecular formula is C39H55Cl3N8O5. The van der Waals surface area contributed by atoms with Crippen molar-refractivity contribution in [2.75, 3.05) is 91.4 Å². The summed E-state index contributed by atoms with van der Waals surface area (Å²) in [5, 5.41) is 3.31. The number of nitrogens with two attached hydrogens (primary N) is 1. The van der Waals surface area contributed by atoms with Crippen molar-refractivity contribution in [1.82, 2.24) is 24.7 Å². The molecule has 0 unspecified atom stereocenters. The first-order chi connectivity index (χ1) is 25.0. The minimum atomic E-state index is -0.790. The highest BCUT2D eigenvalue weighted by Gasteiger charge is 2.28. The molecule has 302 valence electrons. The topological polar surface area (TPSA) is 149 Å². The highest BCUT2D eigenvalue weighted by molar-refractivity contribution is 6.15. The molecule has 0 atom stereocenters. The smallest absolute Gasteiger partial charge is 0.259 e. The van der Waals surface area contributed by atoms with Crippen LogP contribution in [0.5, 0.6) is 11.5 Å². The van der Waals surface area contributed by atoms with E-state index >= 15 is 0 Å². The fourth-order valence-corrected chi connectivity index (χ4v) is 6.42. The second kappa shape index (κ2) is 21.7. The number of piperazine rings is 1. The summed E-state index contributed by atoms with van der Waals surface area (Å²) in [5.74, 6) is 0.345. The number of ether oxygens (including phenoxy) is 2. The van der Waals surface area contributed by atoms with Gasteiger partial charge >= 0.3 is 0 Å². The Labute approximate surface area is 342 Å². The number of fused-ring (bicyclic) bond motifs is 1. The number of H-pyrrole nitrogens is 1. The average Bonchev–Trinajstić information content (AvgIpc) is 3.55. The molecule has 2 heterocycles. The zero-order chi connectivity index (χ0) is 37.4. The Morgan fingerprint density at radius 1 is 0.945 bits per heavy atom. The molecule has 3 aromatic carbocycles. The van der Waals surface area contributed by atoms with E-state index in [2.05, 4.69) is 27.1 Å². The molecule has 0 bridgehead atoms. The lowest BCUT2D eigenvalue weighted by Crippen LogP contribution is -2.47. The Morgan fingerprint density at radius 2 is 1.67 bits per heavy atom. The van der Waals surface area contributed by atoms with Gasteiger partial charge in [-0.3, -0.25) is 14.4 Å². The number of methoxy groups -OCH3 is 1. The van der Waals surface area contributed by atoms with Crippen LogP contribution < -0.4 is 25.4 Å². The van der Waals surface area contributed by atoms with Gasteiger partial charge in [-0.05, 0) is 83.2 Å². The van der Waals surface area contributed by atoms with Crippen LogP contribution in [0.4, 0.5) is 11.6 Å². The molecule has 0 radical (unpaired) electrons. The number of aromatic nitrogens is 2. The largest absolute Gasteiger partial charge is 0.495 e. The van der Waals surface area contributed by atoms with Gasteiger partial charge in [0.1, 0.15) is 11.5 Å². The molecule has 4 aromatic rings. The fraction of sp³-hybridized carbons (Fsp3) is 0.436. The second-order valence-corrected chi connectivity index (χ2v) is 13.6. The first-order valence-corrected chi connectivity index (χ1v) is 17.8. The van der Waals surface area contributed by atoms with Gasteiger partial charge in [0.2, 0.25) is 11.9 Å². The number of hydrogen-bond donors (Lipinski definition) is 3. The maximum Gasteiger partial charge on any atom is 0.259 e. The number of rotatable bonds is 16. The summed E-state index contributed by atoms with van der Waals surface area (Å²) in [6.07, 6.45) is 2.95. The van der Waals surface area contributed by atoms with E-state index < -0.39 is 11.8 Å². The van der Waals surface area contributed by atoms with Gasteiger partial charge < -0.3 is 45.1 Å². The molecule has 0 saturated carbocycles. The van der Waals surface area contributed by atoms with Gasteiger partial charge in [-0.25, -0.2) is 4.98 Å². The lowest BCUT2D eigenvalue weighted by atomic mass is 9.95. The number of primary amides is 1. The van der Waals surface area contributed by atoms with Crippen LogP contribution >= 0.6 is 37.2 Å². The van der Waals surface area contributed by atoms with Crippen molar-refractivity contribution in [1.29, 1.82) is 0 Å². The van der Waals surface area contributed by atoms with Crippen LogP contribution in [0.2, 0.25) is 0 Å². The van der Waals surface area contributed by atoms with Crippen molar-refractivity contribution in [3.8, 4) is 22.6 Å². The van der Waals surface area contributed by atoms with Gasteiger partial charge in [-0.2, -0.15) is 0 Å². The summed E-state index contributed by atoms with van der Waals surface area (Å²) < 4.78 is 12.0. The third-order valence-electron chi connectivity index (χ3n) is 9.42. The number of imidazole rings is 1. The van der Waals surface area contributed by atoms with Gasteiger partial charge in [0, 0.05) is 63.9 Å². The van der Waals surface area contributed by atoms with E-state index in [1.807, 2.05) is 62.3 Å². The summed E-state index contributed by atoms with van der Waals surface area (Å²) >= 11 is 0. The number of carbonyl (C=O) groups excluding carboxylic acids is 3. The molecule has 13 nitrogen and oxygen atoms in total. The molecule has 0 aliphatic carbocycles. The van der Waals surface area contributed by atoms with Crippen LogP contribution in [0.3, 0.4) is 0 Å². The zero-order valence-electron chi connectivity index (χ0n) is 32.5. The molecule has 3 amide bonds. The van der Waals surface area contributed by atoms with Crippen molar-refractivity contribution in [3.05, 3.63) is 65.2 Å². The van der Waals surface area contributed by atoms with E-state index in [9.17, 15) is 14.4 Å². The second-order valence-electron chi connectivity index (χ2n) is 13.6. The summed E-state index contributed by atoms with van der Waals surface area (Å²) in [6, 6.07) is 14.7. The first-order valence-electron chi connectivity index (χ1n) is 17.8. The lowest BCUT2D eigenvalue weighted by Gasteiger charge is -2.32. The number of benzene rings is 3. The Balaban J connectivity index is 0.00000348. The SMILES string of the molecule is COc1c(-c2cccc3[nH]c(NCCN(C)C)nc23)ccc(C(=O)N(C)c2ccc(C)cc2OCCCCCC(=O)N2CCN(C)CC2)c1C(N)=O.Cl.Cl.Cl. The van der Waals surface area contributed by atoms with Crippen molar-refractivity contribution >= 4 is 77.6 Å². The molecule has 1 fully saturated rings. The number of carbonyl (C=O) groups is 3. The van der Waals surface area contributed by atoms with Crippen molar-refractivity contribution < 1.29 is 23.9 Å². The molecule has 1 aliphatic rings. The molecular weight excluding hydrogens is 767 g/mol. The monoisotopic (exact) mass is 820 g/mol. The summed E-state index contributed by atoms with van der Waals surface area (Å²) in [4.78, 5) is 55.6. The summed E-state index contributed by atoms with van der Waals surface area (Å²) in [7, 11) is 9.19. The Kier molecular flexibility index (Phi) is 18.5. The number of aryl methyl sites for hydroxylation is 1. The summed E-state index contributed by atoms with van der Waals surface area (Å²) in [5.41, 5.74) is 10.4. The van der Waals surface area contributed by atoms with Crippen LogP contribution in [0.15, 0.2) is 48.5 Å². The fourth-order valence-electron chi connectivity index (χ4n) is 6.42. The lowest BCUT2D eigenvalue weighted by molar-refractivity contribution is -0.132. The quantitative estimate of drug-likeness (QED) is 0.118. The van der Waals surface area contributed by atoms with Crippen LogP contribution in [0.25, 0.3) is 22.2 Å². The van der Waals surface area contributed by atoms with Gasteiger partial charge in [0.05, 0.1) is 41.6 Å². The molecule has 16 heteroatoms. The number of likely N-dealkylation sites (N-methyl/N-ethyl adjacent to an activating group) is 2. The predicted molar refractivity (Wildman–Crippen MR) is 227 cm³/mol. The van der Waals surface area contributed by atoms with Crippen LogP contribution in [0, 0.1) is 6.92 Å². The number of nitrogens with zero attached hydrogens (tertiary/aromatic N) is 5. The Morgan fingerprint density at radius 3 is 2.35 bits per heavy atom. The van der Waals surface area contributed by atoms with Gasteiger partial charge in [-0.15, -0.1) is 37.2 Å². The van der Waals surface area contributed by atoms with E-state index in [0.717, 1.165) is 68.6 Å². The normalized spacial score (nSPS) is 12.7. The summed E-state index contributed by atoms with van der Waals surface area (Å²) in [6.45, 7) is 7.33.